The van der Waals surface area contributed by atoms with Gasteiger partial charge in [0.15, 0.2) is 5.78 Å². The van der Waals surface area contributed by atoms with Crippen LogP contribution in [0, 0.1) is 13.5 Å². The molecule has 0 bridgehead atoms. The topological polar surface area (TPSA) is 41.7 Å². The van der Waals surface area contributed by atoms with Gasteiger partial charge in [-0.1, -0.05) is 15.9 Å². The van der Waals surface area contributed by atoms with E-state index in [0.717, 1.165) is 0 Å². The van der Waals surface area contributed by atoms with E-state index in [-0.39, 0.29) is 22.6 Å². The number of aryl methyl sites for hydroxylation is 1. The van der Waals surface area contributed by atoms with Gasteiger partial charge in [0.2, 0.25) is 5.69 Å². The molecule has 0 atom stereocenters. The van der Waals surface area contributed by atoms with Gasteiger partial charge < -0.3 is 5.11 Å². The first kappa shape index (κ1) is 10.7. The molecule has 0 radical (unpaired) electrons. The van der Waals surface area contributed by atoms with E-state index < -0.39 is 0 Å². The molecule has 0 aromatic heterocycles. The van der Waals surface area contributed by atoms with Crippen LogP contribution in [0.4, 0.5) is 5.69 Å². The number of phenols is 1. The fourth-order valence-corrected chi connectivity index (χ4v) is 1.41. The van der Waals surface area contributed by atoms with Crippen LogP contribution < -0.4 is 0 Å². The molecule has 4 heteroatoms. The summed E-state index contributed by atoms with van der Waals surface area (Å²) in [5.41, 5.74) is 1.11. The van der Waals surface area contributed by atoms with Crippen LogP contribution in [0.2, 0.25) is 0 Å². The van der Waals surface area contributed by atoms with Gasteiger partial charge in [0.25, 0.3) is 0 Å². The molecule has 1 aromatic rings. The van der Waals surface area contributed by atoms with Crippen LogP contribution >= 0.6 is 15.9 Å². The smallest absolute Gasteiger partial charge is 0.228 e. The quantitative estimate of drug-likeness (QED) is 0.501. The lowest BCUT2D eigenvalue weighted by molar-refractivity contribution is 0.102. The normalized spacial score (nSPS) is 9.50. The molecule has 0 aliphatic carbocycles. The van der Waals surface area contributed by atoms with Crippen molar-refractivity contribution in [2.24, 2.45) is 0 Å². The van der Waals surface area contributed by atoms with Gasteiger partial charge >= 0.3 is 0 Å². The van der Waals surface area contributed by atoms with Gasteiger partial charge in [0.1, 0.15) is 5.75 Å². The molecule has 0 spiro atoms. The third-order valence-corrected chi connectivity index (χ3v) is 2.35. The highest BCUT2D eigenvalue weighted by Crippen LogP contribution is 2.31. The lowest BCUT2D eigenvalue weighted by Crippen LogP contribution is -1.99. The average Bonchev–Trinajstić information content (AvgIpc) is 2.20. The average molecular weight is 254 g/mol. The fourth-order valence-electron chi connectivity index (χ4n) is 1.08. The van der Waals surface area contributed by atoms with Crippen LogP contribution in [0.15, 0.2) is 12.1 Å². The molecule has 0 amide bonds. The molecule has 72 valence electrons. The summed E-state index contributed by atoms with van der Waals surface area (Å²) in [5, 5.41) is 9.66. The van der Waals surface area contributed by atoms with Crippen LogP contribution in [0.5, 0.6) is 5.75 Å². The van der Waals surface area contributed by atoms with E-state index in [1.807, 2.05) is 0 Å². The van der Waals surface area contributed by atoms with Crippen LogP contribution in [-0.2, 0) is 0 Å². The van der Waals surface area contributed by atoms with E-state index in [9.17, 15) is 9.90 Å². The summed E-state index contributed by atoms with van der Waals surface area (Å²) in [5.74, 6) is -0.149. The van der Waals surface area contributed by atoms with Crippen LogP contribution in [0.1, 0.15) is 15.9 Å². The summed E-state index contributed by atoms with van der Waals surface area (Å²) in [4.78, 5) is 14.5. The predicted octanol–water partition coefficient (Wildman–Crippen LogP) is 2.83. The summed E-state index contributed by atoms with van der Waals surface area (Å²) in [7, 11) is 0. The van der Waals surface area contributed by atoms with E-state index >= 15 is 0 Å². The number of alkyl halides is 1. The van der Waals surface area contributed by atoms with Gasteiger partial charge in [-0.15, -0.1) is 0 Å². The Labute approximate surface area is 90.3 Å². The van der Waals surface area contributed by atoms with Crippen molar-refractivity contribution in [3.63, 3.8) is 0 Å². The van der Waals surface area contributed by atoms with Gasteiger partial charge in [-0.3, -0.25) is 4.79 Å². The number of hydrogen-bond donors (Lipinski definition) is 1. The zero-order valence-electron chi connectivity index (χ0n) is 7.54. The molecule has 0 saturated heterocycles. The Morgan fingerprint density at radius 1 is 1.64 bits per heavy atom. The standard InChI is InChI=1S/C10H8BrNO2/c1-6-3-7(9(13)5-11)4-8(12-2)10(6)14/h3-4,14H,5H2,1H3. The van der Waals surface area contributed by atoms with Crippen molar-refractivity contribution in [2.45, 2.75) is 6.92 Å². The third kappa shape index (κ3) is 1.94. The molecule has 0 fully saturated rings. The fraction of sp³-hybridized carbons (Fsp3) is 0.200. The van der Waals surface area contributed by atoms with Crippen molar-refractivity contribution in [1.82, 2.24) is 0 Å². The van der Waals surface area contributed by atoms with Gasteiger partial charge in [0, 0.05) is 5.56 Å². The molecule has 0 saturated carbocycles. The van der Waals surface area contributed by atoms with Gasteiger partial charge in [-0.05, 0) is 24.6 Å². The van der Waals surface area contributed by atoms with E-state index in [1.54, 1.807) is 13.0 Å². The van der Waals surface area contributed by atoms with E-state index in [4.69, 9.17) is 6.57 Å². The zero-order chi connectivity index (χ0) is 10.7. The Morgan fingerprint density at radius 2 is 2.29 bits per heavy atom. The number of phenolic OH excluding ortho intramolecular Hbond substituents is 1. The molecule has 0 aliphatic rings. The van der Waals surface area contributed by atoms with E-state index in [0.29, 0.717) is 11.1 Å². The minimum absolute atomic E-state index is 0.0499. The number of carbonyl (C=O) groups excluding carboxylic acids is 1. The van der Waals surface area contributed by atoms with Crippen molar-refractivity contribution < 1.29 is 9.90 Å². The molecular weight excluding hydrogens is 246 g/mol. The highest BCUT2D eigenvalue weighted by atomic mass is 79.9. The van der Waals surface area contributed by atoms with Crippen LogP contribution in [0.3, 0.4) is 0 Å². The second-order valence-electron chi connectivity index (χ2n) is 2.83. The molecule has 14 heavy (non-hydrogen) atoms. The molecule has 0 heterocycles. The number of halogens is 1. The molecule has 0 aliphatic heterocycles. The molecule has 1 N–H and O–H groups in total. The highest BCUT2D eigenvalue weighted by Gasteiger charge is 2.10. The van der Waals surface area contributed by atoms with Gasteiger partial charge in [-0.2, -0.15) is 0 Å². The summed E-state index contributed by atoms with van der Waals surface area (Å²) in [6, 6.07) is 2.98. The second-order valence-corrected chi connectivity index (χ2v) is 3.39. The Balaban J connectivity index is 3.32. The second kappa shape index (κ2) is 4.25. The van der Waals surface area contributed by atoms with E-state index in [1.165, 1.54) is 6.07 Å². The number of hydrogen-bond acceptors (Lipinski definition) is 2. The van der Waals surface area contributed by atoms with Crippen molar-refractivity contribution in [3.05, 3.63) is 34.7 Å². The number of nitrogens with zero attached hydrogens (tertiary/aromatic N) is 1. The number of Topliss-reactive ketones (excluding diaryl/α,β-unsaturated/α-hetero) is 1. The zero-order valence-corrected chi connectivity index (χ0v) is 9.13. The van der Waals surface area contributed by atoms with Crippen molar-refractivity contribution >= 4 is 27.4 Å². The van der Waals surface area contributed by atoms with Gasteiger partial charge in [0.05, 0.1) is 11.9 Å². The van der Waals surface area contributed by atoms with Crippen molar-refractivity contribution in [3.8, 4) is 5.75 Å². The lowest BCUT2D eigenvalue weighted by atomic mass is 10.1. The number of aromatic hydroxyl groups is 1. The third-order valence-electron chi connectivity index (χ3n) is 1.84. The lowest BCUT2D eigenvalue weighted by Gasteiger charge is -2.04. The number of rotatable bonds is 2. The van der Waals surface area contributed by atoms with Crippen molar-refractivity contribution in [1.29, 1.82) is 0 Å². The summed E-state index contributed by atoms with van der Waals surface area (Å²) in [6.45, 7) is 8.48. The molecule has 3 nitrogen and oxygen atoms in total. The Bertz CT molecular complexity index is 421. The predicted molar refractivity (Wildman–Crippen MR) is 57.2 cm³/mol. The first-order valence-electron chi connectivity index (χ1n) is 3.90. The Kier molecular flexibility index (Phi) is 3.26. The van der Waals surface area contributed by atoms with Crippen LogP contribution in [-0.4, -0.2) is 16.2 Å². The maximum absolute atomic E-state index is 11.3. The summed E-state index contributed by atoms with van der Waals surface area (Å²) in [6.07, 6.45) is 0. The number of carbonyl (C=O) groups is 1. The van der Waals surface area contributed by atoms with Crippen molar-refractivity contribution in [2.75, 3.05) is 5.33 Å². The molecule has 1 rings (SSSR count). The SMILES string of the molecule is [C-]#[N+]c1cc(C(=O)CBr)cc(C)c1O. The summed E-state index contributed by atoms with van der Waals surface area (Å²) >= 11 is 3.05. The Morgan fingerprint density at radius 3 is 2.79 bits per heavy atom. The maximum atomic E-state index is 11.3. The van der Waals surface area contributed by atoms with Crippen LogP contribution in [0.25, 0.3) is 4.85 Å². The molecule has 1 aromatic carbocycles. The monoisotopic (exact) mass is 253 g/mol. The summed E-state index contributed by atoms with van der Waals surface area (Å²) < 4.78 is 0. The minimum Gasteiger partial charge on any atom is -0.519 e. The number of ketones is 1. The molecule has 0 unspecified atom stereocenters. The number of benzene rings is 1. The van der Waals surface area contributed by atoms with E-state index in [2.05, 4.69) is 20.8 Å². The highest BCUT2D eigenvalue weighted by molar-refractivity contribution is 9.09. The van der Waals surface area contributed by atoms with Gasteiger partial charge in [-0.25, -0.2) is 4.85 Å². The Hall–Kier alpha value is -1.34. The first-order valence-corrected chi connectivity index (χ1v) is 5.02. The minimum atomic E-state index is -0.0991. The largest absolute Gasteiger partial charge is 0.519 e. The first-order chi connectivity index (χ1) is 6.60. The maximum Gasteiger partial charge on any atom is 0.228 e. The molecular formula is C10H8BrNO2.